The molecule has 1 aromatic heterocycles. The van der Waals surface area contributed by atoms with E-state index in [9.17, 15) is 0 Å². The van der Waals surface area contributed by atoms with Crippen molar-refractivity contribution in [3.05, 3.63) is 210 Å². The Morgan fingerprint density at radius 3 is 1.97 bits per heavy atom. The molecule has 0 bridgehead atoms. The number of para-hydroxylation sites is 3. The number of fused-ring (bicyclic) bond motifs is 8. The van der Waals surface area contributed by atoms with Gasteiger partial charge in [-0.05, 0) is 85.0 Å². The topological polar surface area (TPSA) is 67.8 Å². The number of ether oxygens (including phenoxy) is 2. The van der Waals surface area contributed by atoms with E-state index in [1.165, 1.54) is 44.2 Å². The molecule has 0 unspecified atom stereocenters. The van der Waals surface area contributed by atoms with Crippen molar-refractivity contribution >= 4 is 39.9 Å². The third kappa shape index (κ3) is 9.14. The molecule has 1 N–H and O–H groups in total. The van der Waals surface area contributed by atoms with Crippen LogP contribution in [0, 0.1) is 12.3 Å². The molecule has 0 spiro atoms. The molecule has 0 amide bonds. The summed E-state index contributed by atoms with van der Waals surface area (Å²) in [5.74, 6) is 3.07. The largest absolute Gasteiger partial charge is 0.455 e. The van der Waals surface area contributed by atoms with Crippen molar-refractivity contribution in [3.63, 3.8) is 0 Å². The summed E-state index contributed by atoms with van der Waals surface area (Å²) in [5.41, 5.74) is 15.1. The van der Waals surface area contributed by atoms with Crippen molar-refractivity contribution in [1.82, 2.24) is 0 Å². The molecule has 0 saturated carbocycles. The first-order valence-electron chi connectivity index (χ1n) is 22.4. The van der Waals surface area contributed by atoms with Crippen LogP contribution in [0.3, 0.4) is 0 Å². The molecule has 0 atom stereocenters. The zero-order valence-corrected chi connectivity index (χ0v) is 38.7. The highest BCUT2D eigenvalue weighted by Gasteiger charge is 2.41. The van der Waals surface area contributed by atoms with Gasteiger partial charge < -0.3 is 18.9 Å². The molecule has 0 radical (unpaired) electrons. The van der Waals surface area contributed by atoms with Crippen LogP contribution < -0.4 is 9.47 Å². The SMILES string of the molecule is C=CC.C=NC.CC.CC1(C)C2=C(CCC=C2)c2c1ccc1c2Oc2cccc(-c3ccc(C(=N)c4ccccc4)cc3)c2O1.Cc1ccc(-c2cccc3c2oc2ccccc23)cc1. The first-order valence-corrected chi connectivity index (χ1v) is 22.4. The first kappa shape index (κ1) is 45.5. The zero-order valence-electron chi connectivity index (χ0n) is 38.7. The van der Waals surface area contributed by atoms with Gasteiger partial charge in [0.1, 0.15) is 11.2 Å². The van der Waals surface area contributed by atoms with Crippen LogP contribution >= 0.6 is 0 Å². The molecule has 65 heavy (non-hydrogen) atoms. The number of rotatable bonds is 4. The van der Waals surface area contributed by atoms with E-state index in [-0.39, 0.29) is 5.41 Å². The minimum Gasteiger partial charge on any atom is -0.455 e. The van der Waals surface area contributed by atoms with Crippen LogP contribution in [0.15, 0.2) is 191 Å². The van der Waals surface area contributed by atoms with Gasteiger partial charge in [0.2, 0.25) is 0 Å². The van der Waals surface area contributed by atoms with E-state index in [0.29, 0.717) is 5.71 Å². The predicted molar refractivity (Wildman–Crippen MR) is 276 cm³/mol. The van der Waals surface area contributed by atoms with Crippen LogP contribution in [0.25, 0.3) is 49.8 Å². The van der Waals surface area contributed by atoms with Gasteiger partial charge in [-0.3, -0.25) is 5.41 Å². The summed E-state index contributed by atoms with van der Waals surface area (Å²) in [7, 11) is 1.64. The number of hydrogen-bond acceptors (Lipinski definition) is 5. The van der Waals surface area contributed by atoms with Gasteiger partial charge in [-0.2, -0.15) is 0 Å². The molecule has 3 aliphatic rings. The van der Waals surface area contributed by atoms with Gasteiger partial charge >= 0.3 is 0 Å². The number of aryl methyl sites for hydroxylation is 1. The smallest absolute Gasteiger partial charge is 0.177 e. The summed E-state index contributed by atoms with van der Waals surface area (Å²) in [4.78, 5) is 3.25. The fraction of sp³-hybridized carbons (Fsp3) is 0.167. The average molecular weight is 855 g/mol. The van der Waals surface area contributed by atoms with Gasteiger partial charge in [-0.25, -0.2) is 0 Å². The third-order valence-electron chi connectivity index (χ3n) is 11.7. The summed E-state index contributed by atoms with van der Waals surface area (Å²) >= 11 is 0. The Kier molecular flexibility index (Phi) is 14.2. The lowest BCUT2D eigenvalue weighted by atomic mass is 9.80. The molecule has 5 nitrogen and oxygen atoms in total. The molecule has 2 heterocycles. The number of furan rings is 1. The molecule has 1 aliphatic heterocycles. The van der Waals surface area contributed by atoms with Crippen LogP contribution in [-0.2, 0) is 5.41 Å². The number of allylic oxidation sites excluding steroid dienone is 5. The lowest BCUT2D eigenvalue weighted by Crippen LogP contribution is -2.16. The molecule has 326 valence electrons. The van der Waals surface area contributed by atoms with Gasteiger partial charge in [0.05, 0.1) is 5.71 Å². The van der Waals surface area contributed by atoms with E-state index in [0.717, 1.165) is 74.8 Å². The van der Waals surface area contributed by atoms with Crippen LogP contribution in [0.1, 0.15) is 75.3 Å². The summed E-state index contributed by atoms with van der Waals surface area (Å²) in [6.07, 6.45) is 8.41. The van der Waals surface area contributed by atoms with E-state index in [4.69, 9.17) is 19.3 Å². The van der Waals surface area contributed by atoms with Crippen LogP contribution in [0.5, 0.6) is 23.0 Å². The van der Waals surface area contributed by atoms with E-state index in [1.807, 2.05) is 87.5 Å². The quantitative estimate of drug-likeness (QED) is 0.142. The van der Waals surface area contributed by atoms with Crippen molar-refractivity contribution in [2.45, 2.75) is 59.8 Å². The van der Waals surface area contributed by atoms with Crippen LogP contribution in [0.2, 0.25) is 0 Å². The fourth-order valence-electron chi connectivity index (χ4n) is 8.66. The van der Waals surface area contributed by atoms with Gasteiger partial charge in [0.25, 0.3) is 0 Å². The minimum atomic E-state index is -0.0443. The fourth-order valence-corrected chi connectivity index (χ4v) is 8.66. The van der Waals surface area contributed by atoms with E-state index < -0.39 is 0 Å². The Labute approximate surface area is 384 Å². The Bertz CT molecular complexity index is 3030. The van der Waals surface area contributed by atoms with Crippen molar-refractivity contribution < 1.29 is 13.9 Å². The molecule has 0 fully saturated rings. The second kappa shape index (κ2) is 20.3. The maximum absolute atomic E-state index is 8.58. The maximum atomic E-state index is 8.58. The number of hydrogen-bond donors (Lipinski definition) is 1. The molecular formula is C60H58N2O3. The lowest BCUT2D eigenvalue weighted by Gasteiger charge is -2.27. The highest BCUT2D eigenvalue weighted by Crippen LogP contribution is 2.59. The first-order chi connectivity index (χ1) is 31.7. The zero-order chi connectivity index (χ0) is 46.1. The van der Waals surface area contributed by atoms with E-state index in [2.05, 4.69) is 136 Å². The second-order valence-electron chi connectivity index (χ2n) is 16.3. The van der Waals surface area contributed by atoms with Crippen molar-refractivity contribution in [2.24, 2.45) is 4.99 Å². The second-order valence-corrected chi connectivity index (χ2v) is 16.3. The summed E-state index contributed by atoms with van der Waals surface area (Å²) in [6.45, 7) is 19.1. The van der Waals surface area contributed by atoms with Gasteiger partial charge in [-0.15, -0.1) is 6.58 Å². The van der Waals surface area contributed by atoms with Gasteiger partial charge in [0.15, 0.2) is 23.0 Å². The molecule has 5 heteroatoms. The van der Waals surface area contributed by atoms with Gasteiger partial charge in [0, 0.05) is 45.5 Å². The maximum Gasteiger partial charge on any atom is 0.177 e. The summed E-state index contributed by atoms with van der Waals surface area (Å²) in [6, 6.07) is 51.4. The van der Waals surface area contributed by atoms with Crippen molar-refractivity contribution in [3.8, 4) is 45.3 Å². The Morgan fingerprint density at radius 2 is 1.25 bits per heavy atom. The number of aliphatic imine (C=N–C) groups is 1. The number of nitrogens with one attached hydrogen (secondary N) is 1. The molecule has 2 aliphatic carbocycles. The molecular weight excluding hydrogens is 797 g/mol. The summed E-state index contributed by atoms with van der Waals surface area (Å²) in [5, 5.41) is 10.9. The lowest BCUT2D eigenvalue weighted by molar-refractivity contribution is 0.359. The van der Waals surface area contributed by atoms with Crippen molar-refractivity contribution in [1.29, 1.82) is 5.41 Å². The predicted octanol–water partition coefficient (Wildman–Crippen LogP) is 17.2. The minimum absolute atomic E-state index is 0.0443. The Hall–Kier alpha value is -7.50. The molecule has 0 saturated heterocycles. The normalized spacial score (nSPS) is 13.2. The van der Waals surface area contributed by atoms with Crippen molar-refractivity contribution in [2.75, 3.05) is 7.05 Å². The number of nitrogens with zero attached hydrogens (tertiary/aromatic N) is 1. The highest BCUT2D eigenvalue weighted by atomic mass is 16.6. The van der Waals surface area contributed by atoms with E-state index >= 15 is 0 Å². The summed E-state index contributed by atoms with van der Waals surface area (Å²) < 4.78 is 19.3. The average Bonchev–Trinajstić information content (AvgIpc) is 3.84. The number of benzene rings is 7. The Morgan fingerprint density at radius 1 is 0.677 bits per heavy atom. The van der Waals surface area contributed by atoms with Crippen LogP contribution in [0.4, 0.5) is 0 Å². The Balaban J connectivity index is 0.000000189. The van der Waals surface area contributed by atoms with Gasteiger partial charge in [-0.1, -0.05) is 185 Å². The monoisotopic (exact) mass is 854 g/mol. The molecule has 7 aromatic carbocycles. The van der Waals surface area contributed by atoms with E-state index in [1.54, 1.807) is 13.1 Å². The highest BCUT2D eigenvalue weighted by molar-refractivity contribution is 6.11. The third-order valence-corrected chi connectivity index (χ3v) is 11.7. The van der Waals surface area contributed by atoms with Crippen LogP contribution in [-0.4, -0.2) is 19.5 Å². The molecule has 8 aromatic rings. The standard InChI is InChI=1S/C34H27NO2.C19H14O.C3H6.C2H5N.C2H6/c1-34(2)26-13-7-6-11-25(26)30-27(34)19-20-29-33(30)37-28-14-8-12-24(32(28)36-29)21-15-17-23(18-16-21)31(35)22-9-4-3-5-10-22;1-13-9-11-14(12-10-13)15-6-4-7-17-16-5-2-3-8-18(16)20-19(15)17;2*1-3-2;1-2/h3-5,7-10,12-20,35H,6,11H2,1-2H3;2-12H,1H3;3H,1H2,2H3;1H2,2H3;1-2H3. The molecule has 11 rings (SSSR count).